The number of nitrogens with two attached hydrogens (primary N) is 2. The number of guanidine groups is 1. The average Bonchev–Trinajstić information content (AvgIpc) is 2.30. The Hall–Kier alpha value is -2.04. The molecule has 0 amide bonds. The Kier molecular flexibility index (Phi) is 6.35. The lowest BCUT2D eigenvalue weighted by Gasteiger charge is -1.99. The first-order chi connectivity index (χ1) is 7.63. The molecule has 0 saturated carbocycles. The number of hydrogen-bond acceptors (Lipinski definition) is 3. The van der Waals surface area contributed by atoms with Crippen LogP contribution in [0.25, 0.3) is 0 Å². The van der Waals surface area contributed by atoms with Crippen molar-refractivity contribution in [3.05, 3.63) is 29.8 Å². The number of benzene rings is 1. The molecule has 4 N–H and O–H groups in total. The number of carbonyl (C=O) groups is 1. The highest BCUT2D eigenvalue weighted by Crippen LogP contribution is 2.14. The van der Waals surface area contributed by atoms with Gasteiger partial charge in [0.2, 0.25) is 0 Å². The van der Waals surface area contributed by atoms with Gasteiger partial charge in [0.1, 0.15) is 0 Å². The summed E-state index contributed by atoms with van der Waals surface area (Å²) in [4.78, 5) is 14.9. The Morgan fingerprint density at radius 3 is 2.44 bits per heavy atom. The summed E-state index contributed by atoms with van der Waals surface area (Å²) in [6.07, 6.45) is 0. The highest BCUT2D eigenvalue weighted by molar-refractivity contribution is 5.90. The van der Waals surface area contributed by atoms with Gasteiger partial charge in [-0.25, -0.2) is 9.79 Å². The van der Waals surface area contributed by atoms with E-state index < -0.39 is 5.97 Å². The van der Waals surface area contributed by atoms with Crippen LogP contribution in [0, 0.1) is 0 Å². The molecule has 0 atom stereocenters. The molecule has 88 valence electrons. The van der Waals surface area contributed by atoms with Crippen molar-refractivity contribution in [2.24, 2.45) is 16.5 Å². The lowest BCUT2D eigenvalue weighted by molar-refractivity contribution is 0.0601. The van der Waals surface area contributed by atoms with Crippen molar-refractivity contribution >= 4 is 17.6 Å². The van der Waals surface area contributed by atoms with Crippen LogP contribution in [-0.4, -0.2) is 19.0 Å². The maximum atomic E-state index is 11.1. The Balaban J connectivity index is 0.00000106. The lowest BCUT2D eigenvalue weighted by Crippen LogP contribution is -2.21. The minimum Gasteiger partial charge on any atom is -0.465 e. The van der Waals surface area contributed by atoms with E-state index in [4.69, 9.17) is 11.5 Å². The van der Waals surface area contributed by atoms with Gasteiger partial charge < -0.3 is 16.2 Å². The molecule has 0 aliphatic heterocycles. The van der Waals surface area contributed by atoms with Crippen molar-refractivity contribution in [2.75, 3.05) is 7.11 Å². The zero-order valence-corrected chi connectivity index (χ0v) is 9.73. The molecule has 1 aromatic carbocycles. The predicted molar refractivity (Wildman–Crippen MR) is 64.6 cm³/mol. The minimum absolute atomic E-state index is 0.0491. The summed E-state index contributed by atoms with van der Waals surface area (Å²) in [7, 11) is 1.32. The first-order valence-electron chi connectivity index (χ1n) is 4.91. The largest absolute Gasteiger partial charge is 0.465 e. The second-order valence-corrected chi connectivity index (χ2v) is 2.58. The minimum atomic E-state index is -0.419. The molecule has 0 aliphatic rings. The number of ether oxygens (including phenoxy) is 1. The topological polar surface area (TPSA) is 90.7 Å². The fraction of sp³-hybridized carbons (Fsp3) is 0.273. The van der Waals surface area contributed by atoms with E-state index in [1.54, 1.807) is 24.3 Å². The SMILES string of the molecule is CC.COC(=O)c1cccc(N=C(N)N)c1. The summed E-state index contributed by atoms with van der Waals surface area (Å²) in [5.74, 6) is -0.468. The van der Waals surface area contributed by atoms with Gasteiger partial charge in [-0.1, -0.05) is 19.9 Å². The van der Waals surface area contributed by atoms with Crippen molar-refractivity contribution in [1.29, 1.82) is 0 Å². The van der Waals surface area contributed by atoms with Gasteiger partial charge in [-0.05, 0) is 18.2 Å². The van der Waals surface area contributed by atoms with Crippen LogP contribution >= 0.6 is 0 Å². The van der Waals surface area contributed by atoms with Crippen LogP contribution in [0.2, 0.25) is 0 Å². The van der Waals surface area contributed by atoms with Crippen LogP contribution in [0.5, 0.6) is 0 Å². The van der Waals surface area contributed by atoms with Crippen LogP contribution in [-0.2, 0) is 4.74 Å². The molecule has 5 nitrogen and oxygen atoms in total. The maximum Gasteiger partial charge on any atom is 0.337 e. The number of carbonyl (C=O) groups excluding carboxylic acids is 1. The Morgan fingerprint density at radius 1 is 1.31 bits per heavy atom. The van der Waals surface area contributed by atoms with Crippen molar-refractivity contribution in [3.8, 4) is 0 Å². The van der Waals surface area contributed by atoms with Crippen LogP contribution < -0.4 is 11.5 Å². The molecule has 0 heterocycles. The van der Waals surface area contributed by atoms with Gasteiger partial charge in [-0.15, -0.1) is 0 Å². The van der Waals surface area contributed by atoms with Gasteiger partial charge in [0.25, 0.3) is 0 Å². The van der Waals surface area contributed by atoms with E-state index in [0.717, 1.165) is 0 Å². The van der Waals surface area contributed by atoms with Crippen LogP contribution in [0.4, 0.5) is 5.69 Å². The molecule has 0 saturated heterocycles. The predicted octanol–water partition coefficient (Wildman–Crippen LogP) is 1.40. The van der Waals surface area contributed by atoms with Gasteiger partial charge in [-0.3, -0.25) is 0 Å². The molecule has 0 fully saturated rings. The molecule has 0 unspecified atom stereocenters. The molecule has 1 aromatic rings. The lowest BCUT2D eigenvalue weighted by atomic mass is 10.2. The number of hydrogen-bond donors (Lipinski definition) is 2. The standard InChI is InChI=1S/C9H11N3O2.C2H6/c1-14-8(13)6-3-2-4-7(5-6)12-9(10)11;1-2/h2-5H,1H3,(H4,10,11,12);1-2H3. The smallest absolute Gasteiger partial charge is 0.337 e. The number of aliphatic imine (C=N–C) groups is 1. The van der Waals surface area contributed by atoms with E-state index in [1.165, 1.54) is 7.11 Å². The van der Waals surface area contributed by atoms with Crippen molar-refractivity contribution in [3.63, 3.8) is 0 Å². The van der Waals surface area contributed by atoms with E-state index in [2.05, 4.69) is 9.73 Å². The zero-order valence-electron chi connectivity index (χ0n) is 9.73. The molecule has 0 aliphatic carbocycles. The van der Waals surface area contributed by atoms with E-state index in [9.17, 15) is 4.79 Å². The van der Waals surface area contributed by atoms with Gasteiger partial charge >= 0.3 is 5.97 Å². The van der Waals surface area contributed by atoms with Crippen LogP contribution in [0.3, 0.4) is 0 Å². The molecule has 1 rings (SSSR count). The molecular formula is C11H17N3O2. The summed E-state index contributed by atoms with van der Waals surface area (Å²) < 4.78 is 4.55. The van der Waals surface area contributed by atoms with Crippen LogP contribution in [0.15, 0.2) is 29.3 Å². The van der Waals surface area contributed by atoms with Gasteiger partial charge in [-0.2, -0.15) is 0 Å². The number of esters is 1. The maximum absolute atomic E-state index is 11.1. The first kappa shape index (κ1) is 14.0. The normalized spacial score (nSPS) is 8.44. The average molecular weight is 223 g/mol. The first-order valence-corrected chi connectivity index (χ1v) is 4.91. The highest BCUT2D eigenvalue weighted by Gasteiger charge is 2.04. The molecular weight excluding hydrogens is 206 g/mol. The van der Waals surface area contributed by atoms with E-state index in [-0.39, 0.29) is 5.96 Å². The fourth-order valence-corrected chi connectivity index (χ4v) is 0.969. The monoisotopic (exact) mass is 223 g/mol. The summed E-state index contributed by atoms with van der Waals surface area (Å²) >= 11 is 0. The van der Waals surface area contributed by atoms with Gasteiger partial charge in [0.15, 0.2) is 5.96 Å². The third-order valence-corrected chi connectivity index (χ3v) is 1.53. The third kappa shape index (κ3) is 4.45. The summed E-state index contributed by atoms with van der Waals surface area (Å²) in [5.41, 5.74) is 11.3. The molecule has 0 radical (unpaired) electrons. The summed E-state index contributed by atoms with van der Waals surface area (Å²) in [5, 5.41) is 0. The number of rotatable bonds is 2. The molecule has 16 heavy (non-hydrogen) atoms. The molecule has 0 bridgehead atoms. The summed E-state index contributed by atoms with van der Waals surface area (Å²) in [6, 6.07) is 6.53. The quantitative estimate of drug-likeness (QED) is 0.450. The molecule has 5 heteroatoms. The summed E-state index contributed by atoms with van der Waals surface area (Å²) in [6.45, 7) is 4.00. The third-order valence-electron chi connectivity index (χ3n) is 1.53. The van der Waals surface area contributed by atoms with Crippen molar-refractivity contribution in [2.45, 2.75) is 13.8 Å². The van der Waals surface area contributed by atoms with Crippen molar-refractivity contribution in [1.82, 2.24) is 0 Å². The van der Waals surface area contributed by atoms with Crippen LogP contribution in [0.1, 0.15) is 24.2 Å². The van der Waals surface area contributed by atoms with E-state index in [1.807, 2.05) is 13.8 Å². The molecule has 0 aromatic heterocycles. The Labute approximate surface area is 95.1 Å². The highest BCUT2D eigenvalue weighted by atomic mass is 16.5. The Morgan fingerprint density at radius 2 is 1.94 bits per heavy atom. The van der Waals surface area contributed by atoms with Crippen molar-refractivity contribution < 1.29 is 9.53 Å². The van der Waals surface area contributed by atoms with Gasteiger partial charge in [0, 0.05) is 0 Å². The second-order valence-electron chi connectivity index (χ2n) is 2.58. The Bertz CT molecular complexity index is 371. The number of nitrogens with zero attached hydrogens (tertiary/aromatic N) is 1. The molecule has 0 spiro atoms. The number of methoxy groups -OCH3 is 1. The second kappa shape index (κ2) is 7.28. The van der Waals surface area contributed by atoms with Gasteiger partial charge in [0.05, 0.1) is 18.4 Å². The van der Waals surface area contributed by atoms with E-state index >= 15 is 0 Å². The zero-order chi connectivity index (χ0) is 12.6. The van der Waals surface area contributed by atoms with E-state index in [0.29, 0.717) is 11.3 Å². The fourth-order valence-electron chi connectivity index (χ4n) is 0.969.